The summed E-state index contributed by atoms with van der Waals surface area (Å²) in [4.78, 5) is 26.2. The molecule has 19 heavy (non-hydrogen) atoms. The molecule has 0 saturated heterocycles. The van der Waals surface area contributed by atoms with Crippen LogP contribution in [0.25, 0.3) is 0 Å². The molecule has 2 aromatic rings. The van der Waals surface area contributed by atoms with Gasteiger partial charge in [0.15, 0.2) is 5.82 Å². The predicted molar refractivity (Wildman–Crippen MR) is 67.8 cm³/mol. The van der Waals surface area contributed by atoms with Gasteiger partial charge in [-0.3, -0.25) is 9.89 Å². The lowest BCUT2D eigenvalue weighted by Crippen LogP contribution is -2.12. The molecule has 1 amide bonds. The number of carboxylic acid groups (broad SMARTS) is 1. The van der Waals surface area contributed by atoms with Crippen molar-refractivity contribution in [2.75, 3.05) is 5.32 Å². The van der Waals surface area contributed by atoms with Crippen molar-refractivity contribution < 1.29 is 14.7 Å². The number of hydrogen-bond donors (Lipinski definition) is 3. The van der Waals surface area contributed by atoms with Crippen LogP contribution in [0.5, 0.6) is 0 Å². The number of nitrogens with one attached hydrogen (secondary N) is 2. The molecular formula is C10H6Cl2N4O3. The number of H-pyrrole nitrogens is 1. The highest BCUT2D eigenvalue weighted by molar-refractivity contribution is 6.41. The number of pyridine rings is 1. The zero-order chi connectivity index (χ0) is 14.0. The number of hydrogen-bond acceptors (Lipinski definition) is 4. The third kappa shape index (κ3) is 3.01. The largest absolute Gasteiger partial charge is 0.477 e. The summed E-state index contributed by atoms with van der Waals surface area (Å²) in [5.41, 5.74) is 0.0387. The van der Waals surface area contributed by atoms with E-state index in [1.807, 2.05) is 0 Å². The van der Waals surface area contributed by atoms with Gasteiger partial charge in [-0.15, -0.1) is 0 Å². The van der Waals surface area contributed by atoms with Gasteiger partial charge in [0, 0.05) is 12.3 Å². The Bertz CT molecular complexity index is 656. The molecule has 2 rings (SSSR count). The lowest BCUT2D eigenvalue weighted by molar-refractivity contribution is 0.0690. The standard InChI is InChI=1S/C10H6Cl2N4O3/c11-5-1-4(3-13-8(5)12)9(17)14-7-2-6(10(18)19)15-16-7/h1-3H,(H,18,19)(H2,14,15,16,17). The van der Waals surface area contributed by atoms with Crippen LogP contribution in [0.15, 0.2) is 18.3 Å². The van der Waals surface area contributed by atoms with E-state index >= 15 is 0 Å². The fraction of sp³-hybridized carbons (Fsp3) is 0. The van der Waals surface area contributed by atoms with Gasteiger partial charge in [0.25, 0.3) is 5.91 Å². The number of rotatable bonds is 3. The van der Waals surface area contributed by atoms with E-state index in [0.717, 1.165) is 0 Å². The SMILES string of the molecule is O=C(Nc1cc(C(=O)O)[nH]n1)c1cnc(Cl)c(Cl)c1. The number of nitrogens with zero attached hydrogens (tertiary/aromatic N) is 2. The molecule has 0 bridgehead atoms. The minimum Gasteiger partial charge on any atom is -0.477 e. The highest BCUT2D eigenvalue weighted by atomic mass is 35.5. The van der Waals surface area contributed by atoms with Crippen LogP contribution in [0.4, 0.5) is 5.82 Å². The fourth-order valence-corrected chi connectivity index (χ4v) is 1.50. The summed E-state index contributed by atoms with van der Waals surface area (Å²) in [6, 6.07) is 2.53. The van der Waals surface area contributed by atoms with Crippen LogP contribution in [0.1, 0.15) is 20.8 Å². The van der Waals surface area contributed by atoms with Crippen molar-refractivity contribution in [2.45, 2.75) is 0 Å². The van der Waals surface area contributed by atoms with Crippen molar-refractivity contribution in [2.24, 2.45) is 0 Å². The summed E-state index contributed by atoms with van der Waals surface area (Å²) in [6.45, 7) is 0. The first-order chi connectivity index (χ1) is 8.97. The molecule has 0 aliphatic rings. The number of aromatic carboxylic acids is 1. The average Bonchev–Trinajstić information content (AvgIpc) is 2.81. The molecule has 0 unspecified atom stereocenters. The second-order valence-electron chi connectivity index (χ2n) is 3.42. The van der Waals surface area contributed by atoms with Crippen LogP contribution >= 0.6 is 23.2 Å². The van der Waals surface area contributed by atoms with E-state index in [4.69, 9.17) is 28.3 Å². The first-order valence-corrected chi connectivity index (χ1v) is 5.64. The molecule has 0 aliphatic heterocycles. The number of carboxylic acids is 1. The van der Waals surface area contributed by atoms with Gasteiger partial charge in [-0.2, -0.15) is 5.10 Å². The van der Waals surface area contributed by atoms with Gasteiger partial charge < -0.3 is 10.4 Å². The molecular weight excluding hydrogens is 295 g/mol. The summed E-state index contributed by atoms with van der Waals surface area (Å²) in [5, 5.41) is 17.2. The molecule has 0 fully saturated rings. The highest BCUT2D eigenvalue weighted by Crippen LogP contribution is 2.20. The highest BCUT2D eigenvalue weighted by Gasteiger charge is 2.13. The summed E-state index contributed by atoms with van der Waals surface area (Å²) >= 11 is 11.4. The summed E-state index contributed by atoms with van der Waals surface area (Å²) in [5.74, 6) is -1.63. The Morgan fingerprint density at radius 3 is 2.63 bits per heavy atom. The van der Waals surface area contributed by atoms with E-state index in [1.165, 1.54) is 18.3 Å². The smallest absolute Gasteiger partial charge is 0.353 e. The number of aromatic amines is 1. The normalized spacial score (nSPS) is 10.2. The Kier molecular flexibility index (Phi) is 3.68. The van der Waals surface area contributed by atoms with Crippen molar-refractivity contribution in [3.05, 3.63) is 39.8 Å². The van der Waals surface area contributed by atoms with Gasteiger partial charge in [0.1, 0.15) is 10.8 Å². The van der Waals surface area contributed by atoms with Crippen LogP contribution in [-0.4, -0.2) is 32.2 Å². The van der Waals surface area contributed by atoms with Crippen molar-refractivity contribution in [3.63, 3.8) is 0 Å². The maximum atomic E-state index is 11.8. The molecule has 2 aromatic heterocycles. The minimum absolute atomic E-state index is 0.0773. The van der Waals surface area contributed by atoms with Crippen LogP contribution in [0.2, 0.25) is 10.2 Å². The van der Waals surface area contributed by atoms with E-state index in [9.17, 15) is 9.59 Å². The van der Waals surface area contributed by atoms with Crippen molar-refractivity contribution in [1.82, 2.24) is 15.2 Å². The number of aromatic nitrogens is 3. The zero-order valence-electron chi connectivity index (χ0n) is 9.15. The Morgan fingerprint density at radius 2 is 2.05 bits per heavy atom. The Labute approximate surface area is 116 Å². The van der Waals surface area contributed by atoms with Crippen LogP contribution in [0.3, 0.4) is 0 Å². The minimum atomic E-state index is -1.18. The molecule has 7 nitrogen and oxygen atoms in total. The topological polar surface area (TPSA) is 108 Å². The summed E-state index contributed by atoms with van der Waals surface area (Å²) < 4.78 is 0. The molecule has 0 atom stereocenters. The number of carbonyl (C=O) groups is 2. The number of amides is 1. The van der Waals surface area contributed by atoms with Gasteiger partial charge in [-0.05, 0) is 6.07 Å². The van der Waals surface area contributed by atoms with Gasteiger partial charge in [0.2, 0.25) is 0 Å². The third-order valence-electron chi connectivity index (χ3n) is 2.11. The zero-order valence-corrected chi connectivity index (χ0v) is 10.7. The number of halogens is 2. The Hall–Kier alpha value is -2.12. The first-order valence-electron chi connectivity index (χ1n) is 4.88. The summed E-state index contributed by atoms with van der Waals surface area (Å²) in [7, 11) is 0. The molecule has 9 heteroatoms. The lowest BCUT2D eigenvalue weighted by Gasteiger charge is -2.02. The Balaban J connectivity index is 2.15. The van der Waals surface area contributed by atoms with E-state index < -0.39 is 11.9 Å². The third-order valence-corrected chi connectivity index (χ3v) is 2.79. The van der Waals surface area contributed by atoms with Gasteiger partial charge in [-0.25, -0.2) is 9.78 Å². The second kappa shape index (κ2) is 5.25. The molecule has 0 aliphatic carbocycles. The van der Waals surface area contributed by atoms with Gasteiger partial charge in [-0.1, -0.05) is 23.2 Å². The quantitative estimate of drug-likeness (QED) is 0.752. The number of anilines is 1. The van der Waals surface area contributed by atoms with Crippen molar-refractivity contribution >= 4 is 40.9 Å². The molecule has 0 spiro atoms. The predicted octanol–water partition coefficient (Wildman–Crippen LogP) is 2.06. The monoisotopic (exact) mass is 300 g/mol. The molecule has 0 radical (unpaired) electrons. The van der Waals surface area contributed by atoms with Gasteiger partial charge in [0.05, 0.1) is 10.6 Å². The molecule has 98 valence electrons. The maximum absolute atomic E-state index is 11.8. The van der Waals surface area contributed by atoms with E-state index in [-0.39, 0.29) is 27.3 Å². The van der Waals surface area contributed by atoms with Crippen LogP contribution in [0, 0.1) is 0 Å². The molecule has 0 saturated carbocycles. The lowest BCUT2D eigenvalue weighted by atomic mass is 10.2. The average molecular weight is 301 g/mol. The second-order valence-corrected chi connectivity index (χ2v) is 4.19. The van der Waals surface area contributed by atoms with Crippen LogP contribution < -0.4 is 5.32 Å². The number of carbonyl (C=O) groups excluding carboxylic acids is 1. The van der Waals surface area contributed by atoms with E-state index in [0.29, 0.717) is 0 Å². The summed E-state index contributed by atoms with van der Waals surface area (Å²) in [6.07, 6.45) is 1.24. The first kappa shape index (κ1) is 13.3. The Morgan fingerprint density at radius 1 is 1.32 bits per heavy atom. The maximum Gasteiger partial charge on any atom is 0.353 e. The molecule has 3 N–H and O–H groups in total. The van der Waals surface area contributed by atoms with E-state index in [1.54, 1.807) is 0 Å². The van der Waals surface area contributed by atoms with Gasteiger partial charge >= 0.3 is 5.97 Å². The van der Waals surface area contributed by atoms with Crippen molar-refractivity contribution in [3.8, 4) is 0 Å². The fourth-order valence-electron chi connectivity index (χ4n) is 1.23. The van der Waals surface area contributed by atoms with Crippen molar-refractivity contribution in [1.29, 1.82) is 0 Å². The molecule has 0 aromatic carbocycles. The molecule has 2 heterocycles. The van der Waals surface area contributed by atoms with E-state index in [2.05, 4.69) is 20.5 Å². The van der Waals surface area contributed by atoms with Crippen LogP contribution in [-0.2, 0) is 0 Å².